The fourth-order valence-corrected chi connectivity index (χ4v) is 0.543. The molecule has 8 heavy (non-hydrogen) atoms. The summed E-state index contributed by atoms with van der Waals surface area (Å²) in [5, 5.41) is 0. The topological polar surface area (TPSA) is 12.4 Å². The van der Waals surface area contributed by atoms with Crippen molar-refractivity contribution in [1.82, 2.24) is 0 Å². The van der Waals surface area contributed by atoms with Gasteiger partial charge in [0.1, 0.15) is 0 Å². The first-order valence-corrected chi connectivity index (χ1v) is 2.95. The van der Waals surface area contributed by atoms with E-state index in [4.69, 9.17) is 0 Å². The molecule has 0 spiro atoms. The average molecular weight is 111 g/mol. The molecule has 0 fully saturated rings. The van der Waals surface area contributed by atoms with Gasteiger partial charge < -0.3 is 0 Å². The lowest BCUT2D eigenvalue weighted by molar-refractivity contribution is 1.13. The molecule has 0 aliphatic rings. The molecule has 1 heteroatoms. The van der Waals surface area contributed by atoms with Crippen LogP contribution in [-0.2, 0) is 0 Å². The predicted octanol–water partition coefficient (Wildman–Crippen LogP) is 2.04. The van der Waals surface area contributed by atoms with Crippen molar-refractivity contribution in [3.05, 3.63) is 12.2 Å². The maximum Gasteiger partial charge on any atom is 0.0364 e. The molecule has 0 saturated carbocycles. The summed E-state index contributed by atoms with van der Waals surface area (Å²) in [7, 11) is 0. The molecule has 0 aliphatic carbocycles. The van der Waals surface area contributed by atoms with Gasteiger partial charge in [-0.15, -0.1) is 0 Å². The van der Waals surface area contributed by atoms with Crippen LogP contribution in [0.25, 0.3) is 0 Å². The second-order valence-corrected chi connectivity index (χ2v) is 1.62. The van der Waals surface area contributed by atoms with Gasteiger partial charge in [0.2, 0.25) is 0 Å². The Bertz CT molecular complexity index is 101. The van der Waals surface area contributed by atoms with Gasteiger partial charge in [-0.1, -0.05) is 6.08 Å². The Kier molecular flexibility index (Phi) is 4.23. The molecule has 0 saturated heterocycles. The Morgan fingerprint density at radius 2 is 2.25 bits per heavy atom. The van der Waals surface area contributed by atoms with Crippen molar-refractivity contribution in [2.24, 2.45) is 4.99 Å². The zero-order valence-electron chi connectivity index (χ0n) is 5.81. The molecule has 0 aliphatic heterocycles. The Morgan fingerprint density at radius 1 is 1.62 bits per heavy atom. The Balaban J connectivity index is 3.61. The zero-order chi connectivity index (χ0) is 6.41. The van der Waals surface area contributed by atoms with Crippen LogP contribution >= 0.6 is 0 Å². The lowest BCUT2D eigenvalue weighted by Crippen LogP contribution is -1.83. The fourth-order valence-electron chi connectivity index (χ4n) is 0.543. The third-order valence-corrected chi connectivity index (χ3v) is 0.815. The highest BCUT2D eigenvalue weighted by Crippen LogP contribution is 1.79. The van der Waals surface area contributed by atoms with Gasteiger partial charge in [-0.2, -0.15) is 0 Å². The summed E-state index contributed by atoms with van der Waals surface area (Å²) < 4.78 is 0. The largest absolute Gasteiger partial charge is 0.290 e. The molecular weight excluding hydrogens is 98.1 g/mol. The highest BCUT2D eigenvalue weighted by molar-refractivity contribution is 5.92. The number of nitrogens with zero attached hydrogens (tertiary/aromatic N) is 1. The third kappa shape index (κ3) is 3.59. The van der Waals surface area contributed by atoms with Crippen LogP contribution in [0.1, 0.15) is 20.8 Å². The Morgan fingerprint density at radius 3 is 2.62 bits per heavy atom. The first kappa shape index (κ1) is 7.41. The number of hydrogen-bond acceptors (Lipinski definition) is 1. The lowest BCUT2D eigenvalue weighted by Gasteiger charge is -1.85. The smallest absolute Gasteiger partial charge is 0.0364 e. The van der Waals surface area contributed by atoms with E-state index in [1.54, 1.807) is 0 Å². The van der Waals surface area contributed by atoms with Gasteiger partial charge in [-0.05, 0) is 26.8 Å². The van der Waals surface area contributed by atoms with Crippen molar-refractivity contribution in [1.29, 1.82) is 0 Å². The van der Waals surface area contributed by atoms with Crippen molar-refractivity contribution in [3.8, 4) is 0 Å². The summed E-state index contributed by atoms with van der Waals surface area (Å²) in [6.45, 7) is 6.92. The summed E-state index contributed by atoms with van der Waals surface area (Å²) in [6, 6.07) is 0. The minimum Gasteiger partial charge on any atom is -0.290 e. The molecular formula is C7H13N. The van der Waals surface area contributed by atoms with Gasteiger partial charge in [-0.3, -0.25) is 4.99 Å². The number of hydrogen-bond donors (Lipinski definition) is 0. The van der Waals surface area contributed by atoms with E-state index < -0.39 is 0 Å². The Hall–Kier alpha value is -0.590. The molecule has 0 aromatic rings. The highest BCUT2D eigenvalue weighted by Gasteiger charge is 1.75. The molecule has 0 N–H and O–H groups in total. The van der Waals surface area contributed by atoms with Crippen LogP contribution in [0.5, 0.6) is 0 Å². The van der Waals surface area contributed by atoms with Crippen molar-refractivity contribution in [3.63, 3.8) is 0 Å². The van der Waals surface area contributed by atoms with E-state index in [1.807, 2.05) is 32.9 Å². The monoisotopic (exact) mass is 111 g/mol. The zero-order valence-corrected chi connectivity index (χ0v) is 5.81. The van der Waals surface area contributed by atoms with Crippen molar-refractivity contribution < 1.29 is 0 Å². The molecule has 0 amide bonds. The first-order valence-electron chi connectivity index (χ1n) is 2.95. The summed E-state index contributed by atoms with van der Waals surface area (Å²) in [5.41, 5.74) is 1.11. The second-order valence-electron chi connectivity index (χ2n) is 1.62. The summed E-state index contributed by atoms with van der Waals surface area (Å²) >= 11 is 0. The molecule has 0 heterocycles. The maximum atomic E-state index is 4.14. The number of rotatable bonds is 2. The van der Waals surface area contributed by atoms with Crippen LogP contribution in [0.15, 0.2) is 17.1 Å². The van der Waals surface area contributed by atoms with Gasteiger partial charge in [0.25, 0.3) is 0 Å². The van der Waals surface area contributed by atoms with E-state index in [0.29, 0.717) is 0 Å². The van der Waals surface area contributed by atoms with Gasteiger partial charge in [-0.25, -0.2) is 0 Å². The number of aliphatic imine (C=N–C) groups is 1. The van der Waals surface area contributed by atoms with Gasteiger partial charge in [0, 0.05) is 12.3 Å². The van der Waals surface area contributed by atoms with Crippen molar-refractivity contribution >= 4 is 5.71 Å². The fraction of sp³-hybridized carbons (Fsp3) is 0.571. The van der Waals surface area contributed by atoms with Crippen molar-refractivity contribution in [2.45, 2.75) is 20.8 Å². The molecule has 0 aromatic heterocycles. The van der Waals surface area contributed by atoms with E-state index in [1.165, 1.54) is 0 Å². The standard InChI is InChI=1S/C7H13N/c1-4-6-7(3)8-5-2/h4,6H,5H2,1-3H3/b6-4+,8-7-. The summed E-state index contributed by atoms with van der Waals surface area (Å²) in [6.07, 6.45) is 4.00. The minimum atomic E-state index is 0.885. The molecule has 0 aromatic carbocycles. The SMILES string of the molecule is C/C=C/C(C)=N\CC. The van der Waals surface area contributed by atoms with Crippen LogP contribution in [0.2, 0.25) is 0 Å². The lowest BCUT2D eigenvalue weighted by atomic mass is 10.4. The highest BCUT2D eigenvalue weighted by atomic mass is 14.7. The van der Waals surface area contributed by atoms with Crippen LogP contribution in [-0.4, -0.2) is 12.3 Å². The van der Waals surface area contributed by atoms with E-state index in [9.17, 15) is 0 Å². The maximum absolute atomic E-state index is 4.14. The minimum absolute atomic E-state index is 0.885. The molecule has 1 nitrogen and oxygen atoms in total. The molecule has 0 radical (unpaired) electrons. The summed E-state index contributed by atoms with van der Waals surface area (Å²) in [4.78, 5) is 4.14. The first-order chi connectivity index (χ1) is 3.81. The summed E-state index contributed by atoms with van der Waals surface area (Å²) in [5.74, 6) is 0. The normalized spacial score (nSPS) is 13.1. The average Bonchev–Trinajstić information content (AvgIpc) is 1.68. The van der Waals surface area contributed by atoms with Gasteiger partial charge in [0.05, 0.1) is 0 Å². The van der Waals surface area contributed by atoms with E-state index in [0.717, 1.165) is 12.3 Å². The number of allylic oxidation sites excluding steroid dienone is 2. The van der Waals surface area contributed by atoms with Crippen molar-refractivity contribution in [2.75, 3.05) is 6.54 Å². The molecule has 0 rings (SSSR count). The van der Waals surface area contributed by atoms with Crippen LogP contribution < -0.4 is 0 Å². The Labute approximate surface area is 51.1 Å². The van der Waals surface area contributed by atoms with Crippen LogP contribution in [0.4, 0.5) is 0 Å². The van der Waals surface area contributed by atoms with E-state index >= 15 is 0 Å². The van der Waals surface area contributed by atoms with Gasteiger partial charge >= 0.3 is 0 Å². The third-order valence-electron chi connectivity index (χ3n) is 0.815. The molecule has 0 bridgehead atoms. The van der Waals surface area contributed by atoms with Crippen LogP contribution in [0, 0.1) is 0 Å². The van der Waals surface area contributed by atoms with E-state index in [2.05, 4.69) is 4.99 Å². The predicted molar refractivity (Wildman–Crippen MR) is 38.5 cm³/mol. The van der Waals surface area contributed by atoms with Gasteiger partial charge in [0.15, 0.2) is 0 Å². The van der Waals surface area contributed by atoms with Crippen LogP contribution in [0.3, 0.4) is 0 Å². The molecule has 0 unspecified atom stereocenters. The second kappa shape index (κ2) is 4.57. The molecule has 46 valence electrons. The molecule has 0 atom stereocenters. The quantitative estimate of drug-likeness (QED) is 0.483. The van der Waals surface area contributed by atoms with E-state index in [-0.39, 0.29) is 0 Å².